The Balaban J connectivity index is 1.91. The van der Waals surface area contributed by atoms with Crippen LogP contribution in [0.3, 0.4) is 0 Å². The molecular formula is C10H10Be. The summed E-state index contributed by atoms with van der Waals surface area (Å²) in [7, 11) is 1.18. The fourth-order valence-electron chi connectivity index (χ4n) is 1.54. The molecule has 0 spiro atoms. The van der Waals surface area contributed by atoms with Crippen LogP contribution >= 0.6 is 0 Å². The molecule has 0 amide bonds. The maximum atomic E-state index is 2.24. The summed E-state index contributed by atoms with van der Waals surface area (Å²) < 4.78 is 0. The van der Waals surface area contributed by atoms with Crippen molar-refractivity contribution in [1.82, 2.24) is 0 Å². The molecule has 0 unspecified atom stereocenters. The van der Waals surface area contributed by atoms with Gasteiger partial charge in [0.15, 0.2) is 0 Å². The van der Waals surface area contributed by atoms with Crippen LogP contribution in [-0.2, 0) is 0 Å². The SMILES string of the molecule is [Be]([C]1=CC=CC1)[C]1=CC=CC1. The third-order valence-electron chi connectivity index (χ3n) is 2.15. The van der Waals surface area contributed by atoms with Crippen molar-refractivity contribution in [2.24, 2.45) is 0 Å². The third kappa shape index (κ3) is 1.58. The first kappa shape index (κ1) is 6.82. The van der Waals surface area contributed by atoms with Gasteiger partial charge in [0, 0.05) is 0 Å². The molecule has 2 rings (SSSR count). The molecule has 0 nitrogen and oxygen atoms in total. The second-order valence-corrected chi connectivity index (χ2v) is 3.09. The van der Waals surface area contributed by atoms with Crippen LogP contribution in [0.4, 0.5) is 0 Å². The van der Waals surface area contributed by atoms with E-state index in [9.17, 15) is 0 Å². The molecule has 0 aliphatic heterocycles. The van der Waals surface area contributed by atoms with Crippen molar-refractivity contribution in [2.75, 3.05) is 0 Å². The van der Waals surface area contributed by atoms with E-state index in [1.54, 1.807) is 10.6 Å². The molecule has 0 saturated carbocycles. The zero-order chi connectivity index (χ0) is 7.52. The van der Waals surface area contributed by atoms with Gasteiger partial charge in [-0.2, -0.15) is 0 Å². The summed E-state index contributed by atoms with van der Waals surface area (Å²) in [5.41, 5.74) is 0. The van der Waals surface area contributed by atoms with Gasteiger partial charge in [0.05, 0.1) is 0 Å². The Morgan fingerprint density at radius 2 is 1.45 bits per heavy atom. The van der Waals surface area contributed by atoms with Crippen LogP contribution in [0.25, 0.3) is 0 Å². The molecule has 0 N–H and O–H groups in total. The normalized spacial score (nSPS) is 20.0. The van der Waals surface area contributed by atoms with Crippen LogP contribution in [-0.4, -0.2) is 8.78 Å². The van der Waals surface area contributed by atoms with Crippen LogP contribution < -0.4 is 0 Å². The fraction of sp³-hybridized carbons (Fsp3) is 0.200. The van der Waals surface area contributed by atoms with Crippen LogP contribution in [0.5, 0.6) is 0 Å². The molecule has 0 aromatic heterocycles. The summed E-state index contributed by atoms with van der Waals surface area (Å²) in [6.07, 6.45) is 15.5. The van der Waals surface area contributed by atoms with Crippen molar-refractivity contribution < 1.29 is 0 Å². The predicted octanol–water partition coefficient (Wildman–Crippen LogP) is 2.38. The molecule has 0 bridgehead atoms. The summed E-state index contributed by atoms with van der Waals surface area (Å²) >= 11 is 0. The Kier molecular flexibility index (Phi) is 1.87. The Morgan fingerprint density at radius 3 is 1.82 bits per heavy atom. The number of rotatable bonds is 2. The number of hydrogen-bond donors (Lipinski definition) is 0. The van der Waals surface area contributed by atoms with E-state index in [-0.39, 0.29) is 0 Å². The van der Waals surface area contributed by atoms with Crippen molar-refractivity contribution in [3.8, 4) is 0 Å². The van der Waals surface area contributed by atoms with Gasteiger partial charge in [-0.3, -0.25) is 0 Å². The van der Waals surface area contributed by atoms with Gasteiger partial charge in [-0.1, -0.05) is 0 Å². The van der Waals surface area contributed by atoms with E-state index in [0.717, 1.165) is 12.8 Å². The van der Waals surface area contributed by atoms with Gasteiger partial charge >= 0.3 is 68.7 Å². The van der Waals surface area contributed by atoms with E-state index in [1.807, 2.05) is 0 Å². The van der Waals surface area contributed by atoms with Gasteiger partial charge in [-0.15, -0.1) is 0 Å². The van der Waals surface area contributed by atoms with Crippen molar-refractivity contribution in [1.29, 1.82) is 0 Å². The second-order valence-electron chi connectivity index (χ2n) is 3.09. The molecule has 0 atom stereocenters. The molecule has 0 heterocycles. The quantitative estimate of drug-likeness (QED) is 0.515. The summed E-state index contributed by atoms with van der Waals surface area (Å²) in [5, 5.41) is 3.11. The minimum atomic E-state index is 1.16. The zero-order valence-electron chi connectivity index (χ0n) is 6.59. The standard InChI is InChI=1S/2C5H5.Be/c2*1-2-4-5-3-1;/h2*1-3H,4H2;. The molecule has 0 saturated heterocycles. The van der Waals surface area contributed by atoms with Crippen molar-refractivity contribution in [3.63, 3.8) is 0 Å². The first-order chi connectivity index (χ1) is 5.45. The maximum absolute atomic E-state index is 2.24. The van der Waals surface area contributed by atoms with E-state index in [2.05, 4.69) is 36.5 Å². The monoisotopic (exact) mass is 139 g/mol. The average Bonchev–Trinajstić information content (AvgIpc) is 2.60. The molecule has 52 valence electrons. The van der Waals surface area contributed by atoms with E-state index < -0.39 is 0 Å². The van der Waals surface area contributed by atoms with Gasteiger partial charge in [0.1, 0.15) is 0 Å². The van der Waals surface area contributed by atoms with E-state index in [0.29, 0.717) is 0 Å². The molecule has 2 aliphatic carbocycles. The molecule has 0 radical (unpaired) electrons. The van der Waals surface area contributed by atoms with Crippen LogP contribution in [0.2, 0.25) is 0 Å². The van der Waals surface area contributed by atoms with E-state index in [4.69, 9.17) is 0 Å². The predicted molar refractivity (Wildman–Crippen MR) is 49.4 cm³/mol. The fourth-order valence-corrected chi connectivity index (χ4v) is 1.54. The van der Waals surface area contributed by atoms with Gasteiger partial charge in [-0.05, 0) is 0 Å². The molecule has 1 heteroatoms. The Bertz CT molecular complexity index is 239. The summed E-state index contributed by atoms with van der Waals surface area (Å²) in [4.78, 5) is 0. The van der Waals surface area contributed by atoms with Crippen LogP contribution in [0.1, 0.15) is 12.8 Å². The topological polar surface area (TPSA) is 0 Å². The van der Waals surface area contributed by atoms with Gasteiger partial charge in [-0.25, -0.2) is 0 Å². The van der Waals surface area contributed by atoms with Crippen LogP contribution in [0, 0.1) is 0 Å². The Hall–Kier alpha value is -0.871. The molecule has 11 heavy (non-hydrogen) atoms. The number of hydrogen-bond acceptors (Lipinski definition) is 0. The van der Waals surface area contributed by atoms with Gasteiger partial charge in [0.2, 0.25) is 0 Å². The third-order valence-corrected chi connectivity index (χ3v) is 2.15. The van der Waals surface area contributed by atoms with Crippen LogP contribution in [0.15, 0.2) is 47.0 Å². The molecule has 0 aromatic carbocycles. The van der Waals surface area contributed by atoms with Gasteiger partial charge < -0.3 is 0 Å². The van der Waals surface area contributed by atoms with E-state index in [1.165, 1.54) is 8.78 Å². The molecule has 0 aromatic rings. The summed E-state index contributed by atoms with van der Waals surface area (Å²) in [6.45, 7) is 0. The summed E-state index contributed by atoms with van der Waals surface area (Å²) in [5.74, 6) is 0. The molecule has 0 fully saturated rings. The summed E-state index contributed by atoms with van der Waals surface area (Å²) in [6, 6.07) is 0. The first-order valence-corrected chi connectivity index (χ1v) is 4.14. The Morgan fingerprint density at radius 1 is 0.909 bits per heavy atom. The molecule has 2 aliphatic rings. The number of allylic oxidation sites excluding steroid dienone is 8. The average molecular weight is 139 g/mol. The zero-order valence-corrected chi connectivity index (χ0v) is 6.59. The van der Waals surface area contributed by atoms with Gasteiger partial charge in [0.25, 0.3) is 0 Å². The van der Waals surface area contributed by atoms with Crippen molar-refractivity contribution >= 4 is 8.78 Å². The molecular weight excluding hydrogens is 129 g/mol. The van der Waals surface area contributed by atoms with E-state index >= 15 is 0 Å². The second kappa shape index (κ2) is 3.02. The van der Waals surface area contributed by atoms with Crippen molar-refractivity contribution in [2.45, 2.75) is 12.8 Å². The first-order valence-electron chi connectivity index (χ1n) is 4.14. The van der Waals surface area contributed by atoms with Crippen molar-refractivity contribution in [3.05, 3.63) is 47.0 Å². The Labute approximate surface area is 69.3 Å². The minimum absolute atomic E-state index is 1.16.